The van der Waals surface area contributed by atoms with Crippen molar-refractivity contribution >= 4 is 23.4 Å². The first-order chi connectivity index (χ1) is 13.5. The molecule has 0 saturated heterocycles. The minimum atomic E-state index is -0.304. The highest BCUT2D eigenvalue weighted by atomic mass is 35.5. The highest BCUT2D eigenvalue weighted by molar-refractivity contribution is 6.33. The lowest BCUT2D eigenvalue weighted by atomic mass is 10.1. The van der Waals surface area contributed by atoms with Gasteiger partial charge >= 0.3 is 0 Å². The molecule has 1 heterocycles. The lowest BCUT2D eigenvalue weighted by Crippen LogP contribution is -2.24. The maximum absolute atomic E-state index is 12.7. The fraction of sp³-hybridized carbons (Fsp3) is 0.190. The fourth-order valence-electron chi connectivity index (χ4n) is 2.78. The van der Waals surface area contributed by atoms with Gasteiger partial charge < -0.3 is 15.2 Å². The molecule has 2 amide bonds. The molecule has 6 nitrogen and oxygen atoms in total. The van der Waals surface area contributed by atoms with Crippen LogP contribution in [0.2, 0.25) is 5.02 Å². The number of hydrogen-bond donors (Lipinski definition) is 2. The second-order valence-corrected chi connectivity index (χ2v) is 6.59. The summed E-state index contributed by atoms with van der Waals surface area (Å²) in [6.07, 6.45) is 0. The summed E-state index contributed by atoms with van der Waals surface area (Å²) >= 11 is 6.23. The quantitative estimate of drug-likeness (QED) is 0.658. The number of aromatic nitrogens is 1. The van der Waals surface area contributed by atoms with E-state index in [1.165, 1.54) is 0 Å². The van der Waals surface area contributed by atoms with Gasteiger partial charge in [-0.05, 0) is 37.6 Å². The lowest BCUT2D eigenvalue weighted by Gasteiger charge is -2.08. The number of nitrogens with one attached hydrogen (secondary N) is 2. The molecule has 2 aromatic carbocycles. The molecule has 0 saturated carbocycles. The van der Waals surface area contributed by atoms with Gasteiger partial charge in [0.15, 0.2) is 0 Å². The van der Waals surface area contributed by atoms with E-state index in [-0.39, 0.29) is 11.8 Å². The number of rotatable bonds is 6. The number of aryl methyl sites for hydroxylation is 1. The Morgan fingerprint density at radius 3 is 2.43 bits per heavy atom. The summed E-state index contributed by atoms with van der Waals surface area (Å²) in [6.45, 7) is 4.43. The largest absolute Gasteiger partial charge is 0.360 e. The van der Waals surface area contributed by atoms with Gasteiger partial charge in [0.1, 0.15) is 17.0 Å². The van der Waals surface area contributed by atoms with Crippen molar-refractivity contribution in [3.05, 3.63) is 76.0 Å². The molecule has 0 radical (unpaired) electrons. The smallest absolute Gasteiger partial charge is 0.257 e. The van der Waals surface area contributed by atoms with Gasteiger partial charge in [-0.15, -0.1) is 0 Å². The standard InChI is InChI=1S/C21H20ClN3O3/c1-3-23-20(26)15-10-8-14(9-11-15)12-24-21(27)18-13(2)28-25-19(18)16-6-4-5-7-17(16)22/h4-11H,3,12H2,1-2H3,(H,23,26)(H,24,27). The molecular formula is C21H20ClN3O3. The van der Waals surface area contributed by atoms with Gasteiger partial charge in [0.05, 0.1) is 5.02 Å². The number of halogens is 1. The predicted octanol–water partition coefficient (Wildman–Crippen LogP) is 3.98. The van der Waals surface area contributed by atoms with Gasteiger partial charge in [-0.2, -0.15) is 0 Å². The van der Waals surface area contributed by atoms with Crippen LogP contribution in [0, 0.1) is 6.92 Å². The maximum atomic E-state index is 12.7. The second-order valence-electron chi connectivity index (χ2n) is 6.18. The van der Waals surface area contributed by atoms with Crippen LogP contribution in [0.25, 0.3) is 11.3 Å². The van der Waals surface area contributed by atoms with Gasteiger partial charge in [-0.3, -0.25) is 9.59 Å². The fourth-order valence-corrected chi connectivity index (χ4v) is 3.01. The lowest BCUT2D eigenvalue weighted by molar-refractivity contribution is 0.0943. The van der Waals surface area contributed by atoms with Crippen LogP contribution in [0.4, 0.5) is 0 Å². The van der Waals surface area contributed by atoms with Crippen molar-refractivity contribution in [2.75, 3.05) is 6.54 Å². The summed E-state index contributed by atoms with van der Waals surface area (Å²) in [5.74, 6) is -0.0111. The Hall–Kier alpha value is -3.12. The third-order valence-electron chi connectivity index (χ3n) is 4.23. The van der Waals surface area contributed by atoms with Gasteiger partial charge in [0, 0.05) is 24.2 Å². The predicted molar refractivity (Wildman–Crippen MR) is 107 cm³/mol. The van der Waals surface area contributed by atoms with E-state index in [4.69, 9.17) is 16.1 Å². The zero-order valence-corrected chi connectivity index (χ0v) is 16.3. The summed E-state index contributed by atoms with van der Waals surface area (Å²) in [5.41, 5.74) is 2.85. The first-order valence-corrected chi connectivity index (χ1v) is 9.25. The molecule has 3 rings (SSSR count). The normalized spacial score (nSPS) is 10.5. The minimum absolute atomic E-state index is 0.123. The van der Waals surface area contributed by atoms with E-state index in [0.717, 1.165) is 5.56 Å². The van der Waals surface area contributed by atoms with Gasteiger partial charge in [0.25, 0.3) is 11.8 Å². The Labute approximate surface area is 167 Å². The highest BCUT2D eigenvalue weighted by Gasteiger charge is 2.22. The van der Waals surface area contributed by atoms with Crippen molar-refractivity contribution < 1.29 is 14.1 Å². The topological polar surface area (TPSA) is 84.2 Å². The van der Waals surface area contributed by atoms with Gasteiger partial charge in [0.2, 0.25) is 0 Å². The van der Waals surface area contributed by atoms with Crippen LogP contribution in [-0.2, 0) is 6.54 Å². The average molecular weight is 398 g/mol. The van der Waals surface area contributed by atoms with Crippen LogP contribution in [0.1, 0.15) is 39.0 Å². The van der Waals surface area contributed by atoms with Crippen molar-refractivity contribution in [3.63, 3.8) is 0 Å². The van der Waals surface area contributed by atoms with Crippen LogP contribution < -0.4 is 10.6 Å². The molecule has 0 atom stereocenters. The van der Waals surface area contributed by atoms with E-state index in [9.17, 15) is 9.59 Å². The minimum Gasteiger partial charge on any atom is -0.360 e. The molecular weight excluding hydrogens is 378 g/mol. The molecule has 1 aromatic heterocycles. The summed E-state index contributed by atoms with van der Waals surface area (Å²) in [4.78, 5) is 24.6. The Morgan fingerprint density at radius 2 is 1.75 bits per heavy atom. The summed E-state index contributed by atoms with van der Waals surface area (Å²) in [6, 6.07) is 14.2. The third-order valence-corrected chi connectivity index (χ3v) is 4.55. The van der Waals surface area contributed by atoms with E-state index >= 15 is 0 Å². The first-order valence-electron chi connectivity index (χ1n) is 8.87. The van der Waals surface area contributed by atoms with Gasteiger partial charge in [-0.1, -0.05) is 47.1 Å². The molecule has 0 fully saturated rings. The molecule has 7 heteroatoms. The van der Waals surface area contributed by atoms with Crippen molar-refractivity contribution in [3.8, 4) is 11.3 Å². The van der Waals surface area contributed by atoms with Crippen molar-refractivity contribution in [1.29, 1.82) is 0 Å². The zero-order chi connectivity index (χ0) is 20.1. The maximum Gasteiger partial charge on any atom is 0.257 e. The number of carbonyl (C=O) groups excluding carboxylic acids is 2. The number of carbonyl (C=O) groups is 2. The van der Waals surface area contributed by atoms with E-state index in [1.807, 2.05) is 19.1 Å². The van der Waals surface area contributed by atoms with Crippen LogP contribution in [-0.4, -0.2) is 23.5 Å². The SMILES string of the molecule is CCNC(=O)c1ccc(CNC(=O)c2c(-c3ccccc3Cl)noc2C)cc1. The molecule has 0 aliphatic carbocycles. The number of amides is 2. The molecule has 0 unspecified atom stereocenters. The number of nitrogens with zero attached hydrogens (tertiary/aromatic N) is 1. The molecule has 3 aromatic rings. The molecule has 144 valence electrons. The first kappa shape index (κ1) is 19.6. The number of hydrogen-bond acceptors (Lipinski definition) is 4. The van der Waals surface area contributed by atoms with E-state index in [1.54, 1.807) is 43.3 Å². The Kier molecular flexibility index (Phi) is 6.11. The van der Waals surface area contributed by atoms with Crippen LogP contribution >= 0.6 is 11.6 Å². The zero-order valence-electron chi connectivity index (χ0n) is 15.6. The number of benzene rings is 2. The van der Waals surface area contributed by atoms with E-state index in [0.29, 0.717) is 46.3 Å². The van der Waals surface area contributed by atoms with Crippen molar-refractivity contribution in [2.24, 2.45) is 0 Å². The van der Waals surface area contributed by atoms with Crippen molar-refractivity contribution in [1.82, 2.24) is 15.8 Å². The Bertz CT molecular complexity index is 996. The molecule has 0 aliphatic heterocycles. The second kappa shape index (κ2) is 8.71. The van der Waals surface area contributed by atoms with Crippen LogP contribution in [0.5, 0.6) is 0 Å². The summed E-state index contributed by atoms with van der Waals surface area (Å²) in [5, 5.41) is 10.1. The van der Waals surface area contributed by atoms with E-state index in [2.05, 4.69) is 15.8 Å². The molecule has 0 bridgehead atoms. The molecule has 28 heavy (non-hydrogen) atoms. The summed E-state index contributed by atoms with van der Waals surface area (Å²) < 4.78 is 5.23. The van der Waals surface area contributed by atoms with E-state index < -0.39 is 0 Å². The molecule has 0 spiro atoms. The monoisotopic (exact) mass is 397 g/mol. The molecule has 2 N–H and O–H groups in total. The average Bonchev–Trinajstić information content (AvgIpc) is 3.08. The third kappa shape index (κ3) is 4.23. The summed E-state index contributed by atoms with van der Waals surface area (Å²) in [7, 11) is 0. The van der Waals surface area contributed by atoms with Crippen LogP contribution in [0.15, 0.2) is 53.1 Å². The Morgan fingerprint density at radius 1 is 1.04 bits per heavy atom. The Balaban J connectivity index is 1.73. The van der Waals surface area contributed by atoms with Crippen LogP contribution in [0.3, 0.4) is 0 Å². The molecule has 0 aliphatic rings. The highest BCUT2D eigenvalue weighted by Crippen LogP contribution is 2.30. The van der Waals surface area contributed by atoms with Crippen molar-refractivity contribution in [2.45, 2.75) is 20.4 Å². The van der Waals surface area contributed by atoms with Gasteiger partial charge in [-0.25, -0.2) is 0 Å².